The number of phosphoric ester groups is 1. The molecule has 1 amide bonds. The summed E-state index contributed by atoms with van der Waals surface area (Å²) in [6, 6.07) is 1.40. The molecule has 2 aliphatic heterocycles. The van der Waals surface area contributed by atoms with Crippen LogP contribution in [0.4, 0.5) is 0 Å². The summed E-state index contributed by atoms with van der Waals surface area (Å²) in [7, 11) is 1.12. The fourth-order valence-electron chi connectivity index (χ4n) is 8.96. The molecule has 8 N–H and O–H groups in total. The van der Waals surface area contributed by atoms with Crippen molar-refractivity contribution < 1.29 is 72.6 Å². The number of ether oxygens (including phenoxy) is 4. The highest BCUT2D eigenvalue weighted by Crippen LogP contribution is 2.59. The number of oxazole rings is 1. The maximum atomic E-state index is 12.6. The molecule has 0 bridgehead atoms. The molecule has 0 saturated carbocycles. The Morgan fingerprint density at radius 1 is 1.09 bits per heavy atom. The van der Waals surface area contributed by atoms with E-state index in [2.05, 4.69) is 10.3 Å². The fraction of sp³-hybridized carbons (Fsp3) is 0.700. The van der Waals surface area contributed by atoms with Crippen LogP contribution >= 0.6 is 7.82 Å². The summed E-state index contributed by atoms with van der Waals surface area (Å²) in [5, 5.41) is 67.1. The second kappa shape index (κ2) is 27.0. The summed E-state index contributed by atoms with van der Waals surface area (Å²) in [5.74, 6) is -3.63. The first-order valence-electron chi connectivity index (χ1n) is 23.8. The zero-order chi connectivity index (χ0) is 52.9. The maximum Gasteiger partial charge on any atom is 0.469 e. The Morgan fingerprint density at radius 3 is 2.36 bits per heavy atom. The highest BCUT2D eigenvalue weighted by Gasteiger charge is 2.68. The first-order chi connectivity index (χ1) is 32.6. The van der Waals surface area contributed by atoms with E-state index in [1.54, 1.807) is 45.8 Å². The molecule has 0 aliphatic carbocycles. The van der Waals surface area contributed by atoms with Gasteiger partial charge in [0.15, 0.2) is 17.8 Å². The van der Waals surface area contributed by atoms with Gasteiger partial charge in [-0.25, -0.2) is 9.55 Å². The fourth-order valence-corrected chi connectivity index (χ4v) is 9.64. The number of methoxy groups -OCH3 is 2. The number of rotatable bonds is 26. The number of phosphoric acid groups is 1. The molecule has 2 fully saturated rings. The molecule has 2 aliphatic rings. The van der Waals surface area contributed by atoms with Crippen molar-refractivity contribution >= 4 is 19.8 Å². The second-order valence-corrected chi connectivity index (χ2v) is 21.1. The summed E-state index contributed by atoms with van der Waals surface area (Å²) in [5.41, 5.74) is 1.87. The average Bonchev–Trinajstić information content (AvgIpc) is 3.84. The van der Waals surface area contributed by atoms with Crippen LogP contribution in [0.1, 0.15) is 105 Å². The van der Waals surface area contributed by atoms with E-state index in [0.29, 0.717) is 18.0 Å². The highest BCUT2D eigenvalue weighted by molar-refractivity contribution is 7.46. The van der Waals surface area contributed by atoms with Crippen molar-refractivity contribution in [1.82, 2.24) is 15.2 Å². The number of aliphatic hydroxyl groups excluding tert-OH is 5. The van der Waals surface area contributed by atoms with Gasteiger partial charge in [-0.05, 0) is 64.9 Å². The van der Waals surface area contributed by atoms with Gasteiger partial charge in [0.05, 0.1) is 49.2 Å². The van der Waals surface area contributed by atoms with Gasteiger partial charge < -0.3 is 68.9 Å². The number of likely N-dealkylation sites (N-methyl/N-ethyl adjacent to an activating group) is 1. The number of nitrogens with zero attached hydrogens (tertiary/aromatic N) is 3. The molecule has 2 saturated heterocycles. The lowest BCUT2D eigenvalue weighted by molar-refractivity contribution is -0.334. The molecule has 19 nitrogen and oxygen atoms in total. The zero-order valence-electron chi connectivity index (χ0n) is 43.1. The smallest absolute Gasteiger partial charge is 0.448 e. The molecule has 70 heavy (non-hydrogen) atoms. The van der Waals surface area contributed by atoms with Crippen LogP contribution in [0, 0.1) is 34.5 Å². The highest BCUT2D eigenvalue weighted by atomic mass is 31.2. The molecule has 20 heteroatoms. The first-order valence-corrected chi connectivity index (χ1v) is 25.4. The third-order valence-electron chi connectivity index (χ3n) is 14.0. The predicted octanol–water partition coefficient (Wildman–Crippen LogP) is 4.69. The van der Waals surface area contributed by atoms with Crippen LogP contribution in [0.15, 0.2) is 63.9 Å². The third kappa shape index (κ3) is 16.3. The summed E-state index contributed by atoms with van der Waals surface area (Å²) >= 11 is 0. The largest absolute Gasteiger partial charge is 0.469 e. The van der Waals surface area contributed by atoms with E-state index >= 15 is 0 Å². The van der Waals surface area contributed by atoms with Crippen molar-refractivity contribution in [3.63, 3.8) is 0 Å². The molecular weight excluding hydrogens is 928 g/mol. The lowest BCUT2D eigenvalue weighted by atomic mass is 9.72. The molecule has 3 rings (SSSR count). The minimum atomic E-state index is -5.15. The topological polar surface area (TPSA) is 287 Å². The lowest BCUT2D eigenvalue weighted by Crippen LogP contribution is -2.58. The number of carbonyl (C=O) groups is 1. The zero-order valence-corrected chi connectivity index (χ0v) is 44.0. The van der Waals surface area contributed by atoms with E-state index in [4.69, 9.17) is 33.2 Å². The average molecular weight is 1010 g/mol. The Labute approximate surface area is 414 Å². The van der Waals surface area contributed by atoms with Crippen molar-refractivity contribution in [3.8, 4) is 6.07 Å². The minimum absolute atomic E-state index is 0.0645. The number of aliphatic hydroxyl groups is 5. The number of aromatic nitrogens is 1. The number of nitrogens with one attached hydrogen (secondary N) is 1. The van der Waals surface area contributed by atoms with Crippen LogP contribution in [-0.4, -0.2) is 159 Å². The summed E-state index contributed by atoms with van der Waals surface area (Å²) < 4.78 is 48.2. The molecule has 396 valence electrons. The van der Waals surface area contributed by atoms with Gasteiger partial charge in [0.25, 0.3) is 5.91 Å². The number of hydrogen-bond donors (Lipinski definition) is 8. The molecule has 3 heterocycles. The van der Waals surface area contributed by atoms with Gasteiger partial charge in [-0.3, -0.25) is 9.32 Å². The van der Waals surface area contributed by atoms with Gasteiger partial charge in [-0.2, -0.15) is 5.26 Å². The lowest BCUT2D eigenvalue weighted by Gasteiger charge is -2.50. The molecular formula is C50H81N4O15P. The third-order valence-corrected chi connectivity index (χ3v) is 14.5. The van der Waals surface area contributed by atoms with Crippen LogP contribution < -0.4 is 5.32 Å². The van der Waals surface area contributed by atoms with Crippen LogP contribution in [0.3, 0.4) is 0 Å². The van der Waals surface area contributed by atoms with E-state index in [9.17, 15) is 44.7 Å². The summed E-state index contributed by atoms with van der Waals surface area (Å²) in [6.07, 6.45) is 4.10. The quantitative estimate of drug-likeness (QED) is 0.0355. The Morgan fingerprint density at radius 2 is 1.76 bits per heavy atom. The standard InChI is InChI=1S/C50H81N4O15P/c1-29(20-22-51)16-14-17-30(2)32(4)24-33(5)42(57)35(7)38(55)25-41(65-13)45-46(69-70(61,62)63)49(8,9)50(68-45)26-39(56)34(6)40(67-50)19-15-18-36-27-66-48(53-36)31(3)21-23-52-47(60)44(59)43(58)37(28-64-12)54(10)11/h14-18,20,24,27,31,33-35,37-46,55-59H,19,21,23,25-26,28H2,1-13H3,(H,52,60)(H2,61,62,63)/b16-14+,18-15+,29-20-,30-17-,32-24+/t31-,33+,34-,35-,37?,38-,39+,40-,41-,42+,43-,44-,45+,46-,50?/m1/s1. The van der Waals surface area contributed by atoms with Gasteiger partial charge in [0, 0.05) is 68.8 Å². The van der Waals surface area contributed by atoms with Crippen molar-refractivity contribution in [1.29, 1.82) is 5.26 Å². The Balaban J connectivity index is 1.74. The van der Waals surface area contributed by atoms with Gasteiger partial charge in [-0.1, -0.05) is 77.5 Å². The first kappa shape index (κ1) is 60.9. The van der Waals surface area contributed by atoms with E-state index in [1.807, 2.05) is 78.0 Å². The monoisotopic (exact) mass is 1010 g/mol. The second-order valence-electron chi connectivity index (χ2n) is 19.9. The molecule has 0 aromatic carbocycles. The molecule has 1 aromatic heterocycles. The van der Waals surface area contributed by atoms with Crippen LogP contribution in [0.5, 0.6) is 0 Å². The molecule has 15 atom stereocenters. The maximum absolute atomic E-state index is 12.6. The van der Waals surface area contributed by atoms with Crippen LogP contribution in [0.25, 0.3) is 6.08 Å². The van der Waals surface area contributed by atoms with Crippen LogP contribution in [0.2, 0.25) is 0 Å². The van der Waals surface area contributed by atoms with Gasteiger partial charge >= 0.3 is 7.82 Å². The van der Waals surface area contributed by atoms with E-state index < -0.39 is 97.7 Å². The van der Waals surface area contributed by atoms with Gasteiger partial charge in [0.2, 0.25) is 0 Å². The SMILES string of the molecule is COCC([C@@H](O)[C@@H](O)C(=O)NCC[C@@H](C)c1nc(/C=C/C[C@H]2OC3(C[C@H](O)[C@H]2C)O[C@@H]([C@@H](C[C@@H](O)[C@@H](C)[C@@H](O)[C@@H](C)/C=C(C)/C(C)=C\C=C\C(C)=C/C#N)OC)[C@@H](OP(=O)(O)O)C3(C)C)co1)N(C)C. The van der Waals surface area contributed by atoms with Gasteiger partial charge in [0.1, 0.15) is 30.3 Å². The van der Waals surface area contributed by atoms with Crippen molar-refractivity contribution in [3.05, 3.63) is 71.0 Å². The number of hydrogen-bond acceptors (Lipinski definition) is 16. The Kier molecular flexibility index (Phi) is 23.5. The Hall–Kier alpha value is -3.42. The number of amides is 1. The molecule has 1 aromatic rings. The van der Waals surface area contributed by atoms with Crippen molar-refractivity contribution in [2.75, 3.05) is 41.5 Å². The summed E-state index contributed by atoms with van der Waals surface area (Å²) in [4.78, 5) is 39.2. The van der Waals surface area contributed by atoms with Crippen LogP contribution in [-0.2, 0) is 32.8 Å². The van der Waals surface area contributed by atoms with E-state index in [1.165, 1.54) is 26.6 Å². The van der Waals surface area contributed by atoms with Gasteiger partial charge in [-0.15, -0.1) is 0 Å². The molecule has 2 unspecified atom stereocenters. The number of allylic oxidation sites excluding steroid dienone is 7. The summed E-state index contributed by atoms with van der Waals surface area (Å²) in [6.45, 7) is 16.6. The molecule has 0 radical (unpaired) electrons. The normalized spacial score (nSPS) is 27.6. The van der Waals surface area contributed by atoms with Crippen molar-refractivity contribution in [2.45, 2.75) is 161 Å². The predicted molar refractivity (Wildman–Crippen MR) is 262 cm³/mol. The number of nitriles is 1. The Bertz CT molecular complexity index is 2080. The number of carbonyl (C=O) groups excluding carboxylic acids is 1. The van der Waals surface area contributed by atoms with Crippen molar-refractivity contribution in [2.24, 2.45) is 23.2 Å². The van der Waals surface area contributed by atoms with E-state index in [0.717, 1.165) is 16.7 Å². The van der Waals surface area contributed by atoms with E-state index in [-0.39, 0.29) is 44.2 Å². The minimum Gasteiger partial charge on any atom is -0.448 e. The molecule has 1 spiro atoms.